The van der Waals surface area contributed by atoms with E-state index < -0.39 is 0 Å². The molecule has 1 aliphatic carbocycles. The molecule has 0 bridgehead atoms. The fourth-order valence-corrected chi connectivity index (χ4v) is 4.21. The van der Waals surface area contributed by atoms with Gasteiger partial charge in [0.05, 0.1) is 22.0 Å². The van der Waals surface area contributed by atoms with Gasteiger partial charge in [0.25, 0.3) is 0 Å². The third kappa shape index (κ3) is 3.76. The summed E-state index contributed by atoms with van der Waals surface area (Å²) in [6, 6.07) is 8.24. The average molecular weight is 379 g/mol. The highest BCUT2D eigenvalue weighted by Gasteiger charge is 2.20. The number of hydrogen-bond acceptors (Lipinski definition) is 6. The molecule has 0 unspecified atom stereocenters. The molecule has 4 rings (SSSR count). The number of hydrogen-bond donors (Lipinski definition) is 0. The third-order valence-electron chi connectivity index (χ3n) is 4.52. The SMILES string of the molecule is CCCO/N=C1\CCCc2ccc(-c3sc(-c4cccnc4)nc3C)nc21. The second-order valence-electron chi connectivity index (χ2n) is 6.60. The molecule has 0 radical (unpaired) electrons. The van der Waals surface area contributed by atoms with Crippen molar-refractivity contribution in [3.63, 3.8) is 0 Å². The highest BCUT2D eigenvalue weighted by atomic mass is 32.1. The molecule has 6 heteroatoms. The standard InChI is InChI=1S/C21H22N4OS/c1-3-12-26-25-17-8-4-6-15-9-10-18(24-19(15)17)20-14(2)23-21(27-20)16-7-5-11-22-13-16/h5,7,9-11,13H,3-4,6,8,12H2,1-2H3/b25-17+. The van der Waals surface area contributed by atoms with Gasteiger partial charge in [-0.15, -0.1) is 11.3 Å². The van der Waals surface area contributed by atoms with Gasteiger partial charge in [0, 0.05) is 18.0 Å². The van der Waals surface area contributed by atoms with Gasteiger partial charge >= 0.3 is 0 Å². The molecule has 3 aromatic heterocycles. The number of nitrogens with zero attached hydrogens (tertiary/aromatic N) is 4. The van der Waals surface area contributed by atoms with Crippen LogP contribution in [0.1, 0.15) is 43.1 Å². The molecular formula is C21H22N4OS. The summed E-state index contributed by atoms with van der Waals surface area (Å²) in [6.07, 6.45) is 7.62. The van der Waals surface area contributed by atoms with Crippen molar-refractivity contribution in [1.29, 1.82) is 0 Å². The predicted octanol–water partition coefficient (Wildman–Crippen LogP) is 5.04. The first kappa shape index (κ1) is 17.8. The Bertz CT molecular complexity index is 966. The first-order valence-corrected chi connectivity index (χ1v) is 10.1. The second kappa shape index (κ2) is 7.96. The van der Waals surface area contributed by atoms with Gasteiger partial charge in [-0.05, 0) is 56.4 Å². The predicted molar refractivity (Wildman–Crippen MR) is 109 cm³/mol. The summed E-state index contributed by atoms with van der Waals surface area (Å²) in [7, 11) is 0. The summed E-state index contributed by atoms with van der Waals surface area (Å²) < 4.78 is 0. The molecule has 1 aliphatic rings. The lowest BCUT2D eigenvalue weighted by atomic mass is 9.94. The van der Waals surface area contributed by atoms with Crippen LogP contribution < -0.4 is 0 Å². The van der Waals surface area contributed by atoms with Gasteiger partial charge in [0.1, 0.15) is 17.3 Å². The lowest BCUT2D eigenvalue weighted by Gasteiger charge is -2.17. The summed E-state index contributed by atoms with van der Waals surface area (Å²) in [5, 5.41) is 5.33. The minimum atomic E-state index is 0.640. The smallest absolute Gasteiger partial charge is 0.125 e. The molecule has 0 saturated heterocycles. The number of oxime groups is 1. The summed E-state index contributed by atoms with van der Waals surface area (Å²) in [5.41, 5.74) is 6.15. The van der Waals surface area contributed by atoms with Crippen molar-refractivity contribution in [3.8, 4) is 21.1 Å². The Morgan fingerprint density at radius 3 is 2.93 bits per heavy atom. The summed E-state index contributed by atoms with van der Waals surface area (Å²) in [6.45, 7) is 4.75. The van der Waals surface area contributed by atoms with Crippen LogP contribution in [-0.4, -0.2) is 27.3 Å². The van der Waals surface area contributed by atoms with Crippen LogP contribution in [0.15, 0.2) is 41.8 Å². The molecule has 3 heterocycles. The van der Waals surface area contributed by atoms with Crippen molar-refractivity contribution in [2.24, 2.45) is 5.16 Å². The Morgan fingerprint density at radius 2 is 2.11 bits per heavy atom. The number of fused-ring (bicyclic) bond motifs is 1. The van der Waals surface area contributed by atoms with Crippen molar-refractivity contribution >= 4 is 17.0 Å². The lowest BCUT2D eigenvalue weighted by Crippen LogP contribution is -2.15. The second-order valence-corrected chi connectivity index (χ2v) is 7.60. The van der Waals surface area contributed by atoms with Crippen molar-refractivity contribution < 1.29 is 4.84 Å². The Morgan fingerprint density at radius 1 is 1.19 bits per heavy atom. The highest BCUT2D eigenvalue weighted by Crippen LogP contribution is 2.35. The zero-order valence-corrected chi connectivity index (χ0v) is 16.4. The normalized spacial score (nSPS) is 15.0. The van der Waals surface area contributed by atoms with Gasteiger partial charge in [-0.3, -0.25) is 4.98 Å². The van der Waals surface area contributed by atoms with Crippen LogP contribution in [-0.2, 0) is 11.3 Å². The van der Waals surface area contributed by atoms with Crippen LogP contribution >= 0.6 is 11.3 Å². The van der Waals surface area contributed by atoms with E-state index in [0.717, 1.165) is 63.9 Å². The van der Waals surface area contributed by atoms with Gasteiger partial charge in [-0.25, -0.2) is 9.97 Å². The lowest BCUT2D eigenvalue weighted by molar-refractivity contribution is 0.144. The Labute approximate surface area is 163 Å². The van der Waals surface area contributed by atoms with E-state index in [1.165, 1.54) is 5.56 Å². The van der Waals surface area contributed by atoms with Crippen LogP contribution in [0.4, 0.5) is 0 Å². The molecule has 0 amide bonds. The van der Waals surface area contributed by atoms with Crippen LogP contribution in [0.5, 0.6) is 0 Å². The maximum absolute atomic E-state index is 5.44. The fourth-order valence-electron chi connectivity index (χ4n) is 3.18. The van der Waals surface area contributed by atoms with Crippen LogP contribution in [0, 0.1) is 6.92 Å². The largest absolute Gasteiger partial charge is 0.396 e. The number of thiazole rings is 1. The zero-order chi connectivity index (χ0) is 18.6. The monoisotopic (exact) mass is 378 g/mol. The molecule has 27 heavy (non-hydrogen) atoms. The van der Waals surface area contributed by atoms with Gasteiger partial charge in [-0.1, -0.05) is 18.1 Å². The van der Waals surface area contributed by atoms with Crippen LogP contribution in [0.3, 0.4) is 0 Å². The van der Waals surface area contributed by atoms with Gasteiger partial charge in [-0.2, -0.15) is 0 Å². The van der Waals surface area contributed by atoms with E-state index >= 15 is 0 Å². The molecule has 5 nitrogen and oxygen atoms in total. The maximum Gasteiger partial charge on any atom is 0.125 e. The Kier molecular flexibility index (Phi) is 5.25. The fraction of sp³-hybridized carbons (Fsp3) is 0.333. The van der Waals surface area contributed by atoms with E-state index in [2.05, 4.69) is 29.2 Å². The molecule has 0 aliphatic heterocycles. The first-order valence-electron chi connectivity index (χ1n) is 9.33. The molecule has 0 fully saturated rings. The third-order valence-corrected chi connectivity index (χ3v) is 5.75. The van der Waals surface area contributed by atoms with E-state index in [1.807, 2.05) is 25.3 Å². The van der Waals surface area contributed by atoms with E-state index in [9.17, 15) is 0 Å². The minimum absolute atomic E-state index is 0.640. The van der Waals surface area contributed by atoms with Crippen LogP contribution in [0.25, 0.3) is 21.1 Å². The van der Waals surface area contributed by atoms with Crippen LogP contribution in [0.2, 0.25) is 0 Å². The number of pyridine rings is 2. The maximum atomic E-state index is 5.44. The molecule has 3 aromatic rings. The Hall–Kier alpha value is -2.60. The topological polar surface area (TPSA) is 60.3 Å². The Balaban J connectivity index is 1.71. The first-order chi connectivity index (χ1) is 13.3. The molecule has 0 aromatic carbocycles. The van der Waals surface area contributed by atoms with Gasteiger partial charge < -0.3 is 4.84 Å². The van der Waals surface area contributed by atoms with E-state index in [1.54, 1.807) is 17.5 Å². The highest BCUT2D eigenvalue weighted by molar-refractivity contribution is 7.18. The van der Waals surface area contributed by atoms with E-state index in [0.29, 0.717) is 6.61 Å². The molecule has 0 saturated carbocycles. The number of rotatable bonds is 5. The zero-order valence-electron chi connectivity index (χ0n) is 15.6. The van der Waals surface area contributed by atoms with Crippen molar-refractivity contribution in [1.82, 2.24) is 15.0 Å². The van der Waals surface area contributed by atoms with E-state index in [4.69, 9.17) is 14.8 Å². The summed E-state index contributed by atoms with van der Waals surface area (Å²) in [4.78, 5) is 20.4. The van der Waals surface area contributed by atoms with Crippen molar-refractivity contribution in [3.05, 3.63) is 53.6 Å². The number of aryl methyl sites for hydroxylation is 2. The molecule has 0 spiro atoms. The van der Waals surface area contributed by atoms with Crippen molar-refractivity contribution in [2.45, 2.75) is 39.5 Å². The minimum Gasteiger partial charge on any atom is -0.396 e. The molecule has 0 atom stereocenters. The van der Waals surface area contributed by atoms with Gasteiger partial charge in [0.15, 0.2) is 0 Å². The molecule has 0 N–H and O–H groups in total. The van der Waals surface area contributed by atoms with Crippen molar-refractivity contribution in [2.75, 3.05) is 6.61 Å². The quantitative estimate of drug-likeness (QED) is 0.461. The van der Waals surface area contributed by atoms with E-state index in [-0.39, 0.29) is 0 Å². The summed E-state index contributed by atoms with van der Waals surface area (Å²) >= 11 is 1.65. The average Bonchev–Trinajstić information content (AvgIpc) is 3.10. The number of aromatic nitrogens is 3. The molecular weight excluding hydrogens is 356 g/mol. The van der Waals surface area contributed by atoms with Gasteiger partial charge in [0.2, 0.25) is 0 Å². The summed E-state index contributed by atoms with van der Waals surface area (Å²) in [5.74, 6) is 0. The molecule has 138 valence electrons.